The molecule has 2 N–H and O–H groups in total. The minimum Gasteiger partial charge on any atom is -0.454 e. The van der Waals surface area contributed by atoms with E-state index in [4.69, 9.17) is 9.47 Å². The van der Waals surface area contributed by atoms with Crippen LogP contribution in [0.3, 0.4) is 0 Å². The van der Waals surface area contributed by atoms with E-state index in [-0.39, 0.29) is 19.2 Å². The fourth-order valence-electron chi connectivity index (χ4n) is 2.62. The Morgan fingerprint density at radius 1 is 1.15 bits per heavy atom. The van der Waals surface area contributed by atoms with Gasteiger partial charge >= 0.3 is 0 Å². The summed E-state index contributed by atoms with van der Waals surface area (Å²) in [6.45, 7) is 4.43. The lowest BCUT2D eigenvalue weighted by molar-refractivity contribution is -0.119. The summed E-state index contributed by atoms with van der Waals surface area (Å²) in [7, 11) is 0. The van der Waals surface area contributed by atoms with Gasteiger partial charge in [0.2, 0.25) is 6.79 Å². The van der Waals surface area contributed by atoms with Crippen molar-refractivity contribution < 1.29 is 14.3 Å². The van der Waals surface area contributed by atoms with Gasteiger partial charge in [-0.15, -0.1) is 0 Å². The average Bonchev–Trinajstić information content (AvgIpc) is 3.09. The molecule has 1 aliphatic rings. The summed E-state index contributed by atoms with van der Waals surface area (Å²) in [5.74, 6) is 1.27. The normalized spacial score (nSPS) is 12.7. The third-order valence-electron chi connectivity index (χ3n) is 3.94. The van der Waals surface area contributed by atoms with Gasteiger partial charge in [0.05, 0.1) is 6.54 Å². The molecule has 0 bridgehead atoms. The molecule has 0 unspecified atom stereocenters. The highest BCUT2D eigenvalue weighted by atomic mass is 16.7. The Morgan fingerprint density at radius 3 is 2.73 bits per heavy atom. The van der Waals surface area contributed by atoms with Gasteiger partial charge in [0.25, 0.3) is 5.91 Å². The summed E-state index contributed by atoms with van der Waals surface area (Å²) in [6.07, 6.45) is 5.14. The van der Waals surface area contributed by atoms with E-state index in [9.17, 15) is 4.79 Å². The maximum absolute atomic E-state index is 11.9. The van der Waals surface area contributed by atoms with Crippen molar-refractivity contribution in [3.63, 3.8) is 0 Å². The predicted molar refractivity (Wildman–Crippen MR) is 103 cm³/mol. The lowest BCUT2D eigenvalue weighted by Gasteiger charge is -2.11. The van der Waals surface area contributed by atoms with E-state index in [2.05, 4.69) is 15.8 Å². The molecule has 26 heavy (non-hydrogen) atoms. The number of hydrogen-bond donors (Lipinski definition) is 2. The monoisotopic (exact) mass is 351 g/mol. The number of hydrazone groups is 1. The zero-order chi connectivity index (χ0) is 18.4. The Labute approximate surface area is 152 Å². The number of fused-ring (bicyclic) bond motifs is 1. The summed E-state index contributed by atoms with van der Waals surface area (Å²) < 4.78 is 10.6. The number of nitrogens with one attached hydrogen (secondary N) is 2. The maximum Gasteiger partial charge on any atom is 0.259 e. The molecule has 3 rings (SSSR count). The molecular weight excluding hydrogens is 330 g/mol. The second-order valence-electron chi connectivity index (χ2n) is 5.91. The largest absolute Gasteiger partial charge is 0.454 e. The lowest BCUT2D eigenvalue weighted by Crippen LogP contribution is -2.26. The van der Waals surface area contributed by atoms with Crippen LogP contribution in [0.1, 0.15) is 16.7 Å². The van der Waals surface area contributed by atoms with Crippen molar-refractivity contribution in [1.82, 2.24) is 5.43 Å². The van der Waals surface area contributed by atoms with Crippen molar-refractivity contribution in [1.29, 1.82) is 0 Å². The number of hydrogen-bond acceptors (Lipinski definition) is 5. The Balaban J connectivity index is 1.45. The zero-order valence-electron chi connectivity index (χ0n) is 14.8. The molecule has 1 aliphatic heterocycles. The number of rotatable bonds is 6. The number of amides is 1. The van der Waals surface area contributed by atoms with Gasteiger partial charge in [0, 0.05) is 11.9 Å². The summed E-state index contributed by atoms with van der Waals surface area (Å²) in [4.78, 5) is 11.9. The fourth-order valence-corrected chi connectivity index (χ4v) is 2.62. The summed E-state index contributed by atoms with van der Waals surface area (Å²) in [5, 5.41) is 7.05. The highest BCUT2D eigenvalue weighted by Crippen LogP contribution is 2.32. The number of benzene rings is 2. The van der Waals surface area contributed by atoms with Gasteiger partial charge in [-0.05, 0) is 48.7 Å². The molecule has 134 valence electrons. The van der Waals surface area contributed by atoms with Crippen LogP contribution < -0.4 is 20.2 Å². The lowest BCUT2D eigenvalue weighted by atomic mass is 10.1. The molecule has 1 amide bonds. The second kappa shape index (κ2) is 8.20. The standard InChI is InChI=1S/C20H21N3O3/c1-14-5-3-6-15(2)20(14)21-12-19(24)23-22-10-4-7-16-8-9-17-18(11-16)26-13-25-17/h3-11,21H,12-13H2,1-2H3,(H,23,24)/b7-4+,22-10-. The van der Waals surface area contributed by atoms with Crippen LogP contribution in [0.15, 0.2) is 47.6 Å². The van der Waals surface area contributed by atoms with Crippen LogP contribution in [0.25, 0.3) is 6.08 Å². The molecule has 6 nitrogen and oxygen atoms in total. The molecule has 0 fully saturated rings. The van der Waals surface area contributed by atoms with Crippen molar-refractivity contribution >= 4 is 23.9 Å². The van der Waals surface area contributed by atoms with Crippen molar-refractivity contribution in [2.45, 2.75) is 13.8 Å². The molecule has 6 heteroatoms. The third kappa shape index (κ3) is 4.42. The minimum atomic E-state index is -0.208. The molecule has 0 saturated heterocycles. The number of ether oxygens (including phenoxy) is 2. The summed E-state index contributed by atoms with van der Waals surface area (Å²) in [5.41, 5.74) is 6.64. The van der Waals surface area contributed by atoms with Gasteiger partial charge in [-0.3, -0.25) is 4.79 Å². The zero-order valence-corrected chi connectivity index (χ0v) is 14.8. The summed E-state index contributed by atoms with van der Waals surface area (Å²) >= 11 is 0. The van der Waals surface area contributed by atoms with Crippen molar-refractivity contribution in [3.05, 3.63) is 59.2 Å². The first-order valence-electron chi connectivity index (χ1n) is 8.32. The first-order chi connectivity index (χ1) is 12.6. The predicted octanol–water partition coefficient (Wildman–Crippen LogP) is 3.26. The molecule has 0 aliphatic carbocycles. The maximum atomic E-state index is 11.9. The van der Waals surface area contributed by atoms with Gasteiger partial charge in [0.1, 0.15) is 0 Å². The number of para-hydroxylation sites is 1. The van der Waals surface area contributed by atoms with Crippen LogP contribution in [-0.2, 0) is 4.79 Å². The number of anilines is 1. The number of allylic oxidation sites excluding steroid dienone is 1. The van der Waals surface area contributed by atoms with Gasteiger partial charge in [-0.25, -0.2) is 5.43 Å². The minimum absolute atomic E-state index is 0.162. The fraction of sp³-hybridized carbons (Fsp3) is 0.200. The van der Waals surface area contributed by atoms with Crippen LogP contribution in [0.5, 0.6) is 11.5 Å². The summed E-state index contributed by atoms with van der Waals surface area (Å²) in [6, 6.07) is 11.7. The highest BCUT2D eigenvalue weighted by Gasteiger charge is 2.11. The van der Waals surface area contributed by atoms with Crippen molar-refractivity contribution in [2.75, 3.05) is 18.7 Å². The molecule has 0 atom stereocenters. The molecule has 2 aromatic carbocycles. The quantitative estimate of drug-likeness (QED) is 0.619. The molecular formula is C20H21N3O3. The average molecular weight is 351 g/mol. The highest BCUT2D eigenvalue weighted by molar-refractivity contribution is 5.84. The van der Waals surface area contributed by atoms with Gasteiger partial charge in [0.15, 0.2) is 11.5 Å². The number of carbonyl (C=O) groups is 1. The Morgan fingerprint density at radius 2 is 1.92 bits per heavy atom. The van der Waals surface area contributed by atoms with Crippen molar-refractivity contribution in [3.8, 4) is 11.5 Å². The van der Waals surface area contributed by atoms with E-state index in [1.54, 1.807) is 6.08 Å². The second-order valence-corrected chi connectivity index (χ2v) is 5.91. The Bertz CT molecular complexity index is 839. The van der Waals surface area contributed by atoms with E-state index in [0.717, 1.165) is 33.9 Å². The molecule has 1 heterocycles. The van der Waals surface area contributed by atoms with E-state index in [1.807, 2.05) is 56.3 Å². The van der Waals surface area contributed by atoms with Gasteiger partial charge in [-0.2, -0.15) is 5.10 Å². The van der Waals surface area contributed by atoms with Crippen LogP contribution in [0, 0.1) is 13.8 Å². The number of aryl methyl sites for hydroxylation is 2. The Hall–Kier alpha value is -3.28. The molecule has 0 aromatic heterocycles. The van der Waals surface area contributed by atoms with E-state index >= 15 is 0 Å². The van der Waals surface area contributed by atoms with E-state index < -0.39 is 0 Å². The van der Waals surface area contributed by atoms with Gasteiger partial charge < -0.3 is 14.8 Å². The SMILES string of the molecule is Cc1cccc(C)c1NCC(=O)N/N=C\C=C\c1ccc2c(c1)OCO2. The van der Waals surface area contributed by atoms with Crippen LogP contribution >= 0.6 is 0 Å². The first kappa shape index (κ1) is 17.5. The first-order valence-corrected chi connectivity index (χ1v) is 8.32. The number of nitrogens with zero attached hydrogens (tertiary/aromatic N) is 1. The Kier molecular flexibility index (Phi) is 5.53. The molecule has 0 saturated carbocycles. The third-order valence-corrected chi connectivity index (χ3v) is 3.94. The molecule has 0 spiro atoms. The molecule has 2 aromatic rings. The number of carbonyl (C=O) groups excluding carboxylic acids is 1. The van der Waals surface area contributed by atoms with Crippen LogP contribution in [0.2, 0.25) is 0 Å². The smallest absolute Gasteiger partial charge is 0.259 e. The van der Waals surface area contributed by atoms with Crippen LogP contribution in [-0.4, -0.2) is 25.5 Å². The van der Waals surface area contributed by atoms with Gasteiger partial charge in [-0.1, -0.05) is 30.3 Å². The van der Waals surface area contributed by atoms with Crippen LogP contribution in [0.4, 0.5) is 5.69 Å². The topological polar surface area (TPSA) is 72.0 Å². The van der Waals surface area contributed by atoms with Crippen molar-refractivity contribution in [2.24, 2.45) is 5.10 Å². The molecule has 0 radical (unpaired) electrons. The van der Waals surface area contributed by atoms with E-state index in [0.29, 0.717) is 0 Å². The van der Waals surface area contributed by atoms with E-state index in [1.165, 1.54) is 6.21 Å².